The molecule has 2 aromatic rings. The summed E-state index contributed by atoms with van der Waals surface area (Å²) in [6.45, 7) is 5.90. The van der Waals surface area contributed by atoms with Crippen LogP contribution in [-0.4, -0.2) is 27.1 Å². The number of nitrogens with one attached hydrogen (secondary N) is 1. The summed E-state index contributed by atoms with van der Waals surface area (Å²) in [6, 6.07) is 12.2. The Labute approximate surface area is 173 Å². The van der Waals surface area contributed by atoms with E-state index in [1.165, 1.54) is 0 Å². The molecule has 0 spiro atoms. The molecule has 0 fully saturated rings. The van der Waals surface area contributed by atoms with E-state index in [-0.39, 0.29) is 12.0 Å². The Balaban J connectivity index is 2.22. The summed E-state index contributed by atoms with van der Waals surface area (Å²) in [7, 11) is -3.63. The molecule has 0 aliphatic carbocycles. The van der Waals surface area contributed by atoms with Crippen molar-refractivity contribution >= 4 is 54.8 Å². The third-order valence-electron chi connectivity index (χ3n) is 3.91. The van der Waals surface area contributed by atoms with E-state index in [1.54, 1.807) is 30.3 Å². The number of rotatable bonds is 5. The molecule has 0 aliphatic rings. The number of halogens is 2. The van der Waals surface area contributed by atoms with Crippen molar-refractivity contribution in [1.82, 2.24) is 0 Å². The summed E-state index contributed by atoms with van der Waals surface area (Å²) in [6.07, 6.45) is 1.08. The number of nitrogens with zero attached hydrogens (tertiary/aromatic N) is 1. The van der Waals surface area contributed by atoms with E-state index in [1.807, 2.05) is 12.1 Å². The van der Waals surface area contributed by atoms with Gasteiger partial charge in [0.05, 0.1) is 17.0 Å². The van der Waals surface area contributed by atoms with E-state index >= 15 is 0 Å². The van der Waals surface area contributed by atoms with Gasteiger partial charge in [-0.05, 0) is 57.2 Å². The number of carbonyl (C=O) groups is 1. The maximum absolute atomic E-state index is 12.4. The highest BCUT2D eigenvalue weighted by molar-refractivity contribution is 9.10. The zero-order valence-corrected chi connectivity index (χ0v) is 18.7. The summed E-state index contributed by atoms with van der Waals surface area (Å²) >= 11 is 9.30. The largest absolute Gasteiger partial charge is 0.324 e. The Morgan fingerprint density at radius 3 is 2.22 bits per heavy atom. The molecule has 0 saturated heterocycles. The summed E-state index contributed by atoms with van der Waals surface area (Å²) in [5, 5.41) is 3.12. The maximum Gasteiger partial charge on any atom is 0.245 e. The first-order valence-electron chi connectivity index (χ1n) is 8.21. The molecule has 1 amide bonds. The first-order valence-corrected chi connectivity index (χ1v) is 11.2. The molecule has 27 heavy (non-hydrogen) atoms. The Hall–Kier alpha value is -1.57. The third kappa shape index (κ3) is 5.96. The molecular formula is C19H22BrClN2O3S. The molecule has 0 radical (unpaired) electrons. The lowest BCUT2D eigenvalue weighted by Gasteiger charge is -2.24. The summed E-state index contributed by atoms with van der Waals surface area (Å²) in [5.74, 6) is -0.460. The monoisotopic (exact) mass is 472 g/mol. The molecule has 2 aromatic carbocycles. The van der Waals surface area contributed by atoms with Gasteiger partial charge in [0.25, 0.3) is 0 Å². The first-order chi connectivity index (χ1) is 12.4. The third-order valence-corrected chi connectivity index (χ3v) is 6.29. The van der Waals surface area contributed by atoms with Gasteiger partial charge in [-0.2, -0.15) is 0 Å². The number of sulfonamides is 1. The van der Waals surface area contributed by atoms with Gasteiger partial charge in [0.15, 0.2) is 0 Å². The van der Waals surface area contributed by atoms with Gasteiger partial charge in [0, 0.05) is 10.2 Å². The van der Waals surface area contributed by atoms with Crippen molar-refractivity contribution in [3.8, 4) is 0 Å². The highest BCUT2D eigenvalue weighted by atomic mass is 79.9. The number of hydrogen-bond acceptors (Lipinski definition) is 3. The molecular weight excluding hydrogens is 452 g/mol. The van der Waals surface area contributed by atoms with E-state index in [9.17, 15) is 13.2 Å². The number of anilines is 2. The van der Waals surface area contributed by atoms with Gasteiger partial charge < -0.3 is 5.32 Å². The van der Waals surface area contributed by atoms with Gasteiger partial charge >= 0.3 is 0 Å². The van der Waals surface area contributed by atoms with Crippen LogP contribution in [0.15, 0.2) is 46.9 Å². The van der Waals surface area contributed by atoms with Crippen LogP contribution in [0.2, 0.25) is 5.02 Å². The summed E-state index contributed by atoms with van der Waals surface area (Å²) < 4.78 is 26.2. The number of benzene rings is 2. The average Bonchev–Trinajstić information content (AvgIpc) is 2.54. The fourth-order valence-corrected chi connectivity index (χ4v) is 3.72. The van der Waals surface area contributed by atoms with Crippen LogP contribution in [0.25, 0.3) is 0 Å². The molecule has 2 rings (SSSR count). The van der Waals surface area contributed by atoms with Crippen molar-refractivity contribution in [3.05, 3.63) is 57.5 Å². The number of amides is 1. The van der Waals surface area contributed by atoms with Gasteiger partial charge in [-0.1, -0.05) is 44.5 Å². The number of hydrogen-bond donors (Lipinski definition) is 1. The van der Waals surface area contributed by atoms with Crippen LogP contribution in [0.5, 0.6) is 0 Å². The molecule has 0 atom stereocenters. The van der Waals surface area contributed by atoms with Crippen LogP contribution in [0.3, 0.4) is 0 Å². The predicted octanol–water partition coefficient (Wildman–Crippen LogP) is 4.80. The van der Waals surface area contributed by atoms with Crippen LogP contribution in [0.1, 0.15) is 26.3 Å². The molecule has 1 N–H and O–H groups in total. The fraction of sp³-hybridized carbons (Fsp3) is 0.316. The van der Waals surface area contributed by atoms with E-state index in [2.05, 4.69) is 42.0 Å². The molecule has 8 heteroatoms. The van der Waals surface area contributed by atoms with E-state index < -0.39 is 15.9 Å². The van der Waals surface area contributed by atoms with Crippen molar-refractivity contribution in [3.63, 3.8) is 0 Å². The topological polar surface area (TPSA) is 66.5 Å². The lowest BCUT2D eigenvalue weighted by atomic mass is 9.87. The average molecular weight is 474 g/mol. The van der Waals surface area contributed by atoms with Gasteiger partial charge in [-0.15, -0.1) is 0 Å². The minimum Gasteiger partial charge on any atom is -0.324 e. The second-order valence-electron chi connectivity index (χ2n) is 7.24. The summed E-state index contributed by atoms with van der Waals surface area (Å²) in [4.78, 5) is 12.4. The van der Waals surface area contributed by atoms with Gasteiger partial charge in [0.2, 0.25) is 15.9 Å². The second-order valence-corrected chi connectivity index (χ2v) is 10.4. The zero-order chi connectivity index (χ0) is 20.4. The Morgan fingerprint density at radius 1 is 1.15 bits per heavy atom. The van der Waals surface area contributed by atoms with Crippen molar-refractivity contribution in [1.29, 1.82) is 0 Å². The Morgan fingerprint density at radius 2 is 1.74 bits per heavy atom. The van der Waals surface area contributed by atoms with Gasteiger partial charge in [-0.25, -0.2) is 8.42 Å². The first kappa shape index (κ1) is 21.7. The lowest BCUT2D eigenvalue weighted by molar-refractivity contribution is -0.114. The van der Waals surface area contributed by atoms with Crippen molar-refractivity contribution < 1.29 is 13.2 Å². The zero-order valence-electron chi connectivity index (χ0n) is 15.6. The van der Waals surface area contributed by atoms with Crippen LogP contribution in [-0.2, 0) is 20.2 Å². The van der Waals surface area contributed by atoms with Crippen LogP contribution in [0.4, 0.5) is 11.4 Å². The normalized spacial score (nSPS) is 11.9. The van der Waals surface area contributed by atoms with E-state index in [4.69, 9.17) is 11.6 Å². The summed E-state index contributed by atoms with van der Waals surface area (Å²) in [5.41, 5.74) is 1.96. The van der Waals surface area contributed by atoms with Gasteiger partial charge in [-0.3, -0.25) is 9.10 Å². The van der Waals surface area contributed by atoms with E-state index in [0.717, 1.165) is 16.1 Å². The fourth-order valence-electron chi connectivity index (χ4n) is 2.43. The van der Waals surface area contributed by atoms with Crippen molar-refractivity contribution in [2.45, 2.75) is 26.2 Å². The minimum atomic E-state index is -3.63. The van der Waals surface area contributed by atoms with Crippen molar-refractivity contribution in [2.24, 2.45) is 0 Å². The molecule has 0 aromatic heterocycles. The number of carbonyl (C=O) groups excluding carboxylic acids is 1. The lowest BCUT2D eigenvalue weighted by Crippen LogP contribution is -2.37. The molecule has 0 unspecified atom stereocenters. The van der Waals surface area contributed by atoms with Crippen LogP contribution in [0, 0.1) is 0 Å². The highest BCUT2D eigenvalue weighted by Gasteiger charge is 2.22. The molecule has 5 nitrogen and oxygen atoms in total. The highest BCUT2D eigenvalue weighted by Crippen LogP contribution is 2.27. The molecule has 0 aliphatic heterocycles. The van der Waals surface area contributed by atoms with Gasteiger partial charge in [0.1, 0.15) is 6.54 Å². The van der Waals surface area contributed by atoms with Crippen LogP contribution >= 0.6 is 27.5 Å². The van der Waals surface area contributed by atoms with Crippen molar-refractivity contribution in [2.75, 3.05) is 22.4 Å². The SMILES string of the molecule is CC(C)(C)c1ccc(N(CC(=O)Nc2ccc(Br)c(Cl)c2)S(C)(=O)=O)cc1. The van der Waals surface area contributed by atoms with E-state index in [0.29, 0.717) is 20.9 Å². The Bertz CT molecular complexity index is 938. The molecule has 146 valence electrons. The molecule has 0 heterocycles. The standard InChI is InChI=1S/C19H22BrClN2O3S/c1-19(2,3)13-5-8-15(9-6-13)23(27(4,25)26)12-18(24)22-14-7-10-16(20)17(21)11-14/h5-11H,12H2,1-4H3,(H,22,24). The predicted molar refractivity (Wildman–Crippen MR) is 115 cm³/mol. The van der Waals surface area contributed by atoms with Crippen LogP contribution < -0.4 is 9.62 Å². The maximum atomic E-state index is 12.4. The molecule has 0 bridgehead atoms. The molecule has 0 saturated carbocycles. The Kier molecular flexibility index (Phi) is 6.60. The smallest absolute Gasteiger partial charge is 0.245 e. The quantitative estimate of drug-likeness (QED) is 0.678. The second kappa shape index (κ2) is 8.20. The minimum absolute atomic E-state index is 0.0489.